The highest BCUT2D eigenvalue weighted by atomic mass is 31.2. The van der Waals surface area contributed by atoms with Crippen LogP contribution in [0, 0.1) is 0 Å². The predicted molar refractivity (Wildman–Crippen MR) is 82.0 cm³/mol. The molecule has 118 valence electrons. The third-order valence-corrected chi connectivity index (χ3v) is 4.78. The van der Waals surface area contributed by atoms with Gasteiger partial charge in [0.1, 0.15) is 0 Å². The van der Waals surface area contributed by atoms with E-state index in [9.17, 15) is 4.57 Å². The third-order valence-electron chi connectivity index (χ3n) is 4.29. The van der Waals surface area contributed by atoms with Crippen molar-refractivity contribution in [3.8, 4) is 0 Å². The van der Waals surface area contributed by atoms with E-state index >= 15 is 0 Å². The van der Waals surface area contributed by atoms with Gasteiger partial charge in [0.05, 0.1) is 6.61 Å². The zero-order valence-corrected chi connectivity index (χ0v) is 13.4. The maximum absolute atomic E-state index is 11.1. The molecular weight excluding hydrogens is 289 g/mol. The zero-order chi connectivity index (χ0) is 15.5. The van der Waals surface area contributed by atoms with Crippen LogP contribution in [-0.4, -0.2) is 28.0 Å². The van der Waals surface area contributed by atoms with Crippen LogP contribution in [0.2, 0.25) is 0 Å². The van der Waals surface area contributed by atoms with Gasteiger partial charge in [-0.3, -0.25) is 4.52 Å². The second-order valence-electron chi connectivity index (χ2n) is 6.10. The molecule has 0 spiro atoms. The van der Waals surface area contributed by atoms with Crippen molar-refractivity contribution >= 4 is 7.82 Å². The highest BCUT2D eigenvalue weighted by Gasteiger charge is 2.39. The summed E-state index contributed by atoms with van der Waals surface area (Å²) in [4.78, 5) is 18.0. The number of phosphoric ester groups is 1. The summed E-state index contributed by atoms with van der Waals surface area (Å²) in [6.45, 7) is 4.26. The molecule has 0 amide bonds. The number of piperidine rings is 1. The van der Waals surface area contributed by atoms with Gasteiger partial charge in [-0.05, 0) is 32.3 Å². The molecule has 3 N–H and O–H groups in total. The molecule has 0 saturated carbocycles. The van der Waals surface area contributed by atoms with Gasteiger partial charge in [-0.2, -0.15) is 0 Å². The normalized spacial score (nSPS) is 28.3. The summed E-state index contributed by atoms with van der Waals surface area (Å²) in [5.41, 5.74) is 0.809. The number of phosphoric acid groups is 1. The van der Waals surface area contributed by atoms with Crippen LogP contribution in [0.3, 0.4) is 0 Å². The Morgan fingerprint density at radius 3 is 2.67 bits per heavy atom. The summed E-state index contributed by atoms with van der Waals surface area (Å²) in [7, 11) is -4.46. The third kappa shape index (κ3) is 4.63. The monoisotopic (exact) mass is 313 g/mol. The van der Waals surface area contributed by atoms with Crippen molar-refractivity contribution in [2.24, 2.45) is 0 Å². The first-order chi connectivity index (χ1) is 9.80. The van der Waals surface area contributed by atoms with E-state index in [1.165, 1.54) is 0 Å². The van der Waals surface area contributed by atoms with Gasteiger partial charge in [-0.1, -0.05) is 36.8 Å². The molecule has 1 aliphatic heterocycles. The summed E-state index contributed by atoms with van der Waals surface area (Å²) >= 11 is 0. The van der Waals surface area contributed by atoms with E-state index in [2.05, 4.69) is 19.2 Å². The van der Waals surface area contributed by atoms with E-state index in [1.54, 1.807) is 0 Å². The van der Waals surface area contributed by atoms with Crippen LogP contribution in [0.25, 0.3) is 0 Å². The van der Waals surface area contributed by atoms with Crippen molar-refractivity contribution in [3.63, 3.8) is 0 Å². The molecule has 0 aliphatic carbocycles. The van der Waals surface area contributed by atoms with Crippen molar-refractivity contribution in [1.29, 1.82) is 0 Å². The minimum absolute atomic E-state index is 0.00448. The molecule has 0 bridgehead atoms. The van der Waals surface area contributed by atoms with Crippen molar-refractivity contribution in [3.05, 3.63) is 35.9 Å². The number of hydrogen-bond donors (Lipinski definition) is 3. The van der Waals surface area contributed by atoms with Crippen molar-refractivity contribution in [2.75, 3.05) is 6.61 Å². The number of hydrogen-bond acceptors (Lipinski definition) is 3. The van der Waals surface area contributed by atoms with Crippen LogP contribution in [0.1, 0.15) is 44.6 Å². The Morgan fingerprint density at radius 2 is 2.10 bits per heavy atom. The Kier molecular flexibility index (Phi) is 5.23. The lowest BCUT2D eigenvalue weighted by Crippen LogP contribution is -2.55. The molecular formula is C15H24NO4P. The van der Waals surface area contributed by atoms with Gasteiger partial charge in [-0.15, -0.1) is 0 Å². The Balaban J connectivity index is 2.25. The van der Waals surface area contributed by atoms with E-state index < -0.39 is 7.82 Å². The van der Waals surface area contributed by atoms with Gasteiger partial charge in [-0.25, -0.2) is 4.57 Å². The minimum Gasteiger partial charge on any atom is -0.308 e. The van der Waals surface area contributed by atoms with Gasteiger partial charge < -0.3 is 15.1 Å². The van der Waals surface area contributed by atoms with E-state index in [0.29, 0.717) is 6.04 Å². The fraction of sp³-hybridized carbons (Fsp3) is 0.600. The van der Waals surface area contributed by atoms with Gasteiger partial charge in [0.2, 0.25) is 0 Å². The second-order valence-corrected chi connectivity index (χ2v) is 7.34. The molecule has 0 aromatic heterocycles. The van der Waals surface area contributed by atoms with Gasteiger partial charge in [0.25, 0.3) is 0 Å². The fourth-order valence-electron chi connectivity index (χ4n) is 3.26. The maximum atomic E-state index is 11.1. The molecule has 1 heterocycles. The first-order valence-electron chi connectivity index (χ1n) is 7.33. The minimum atomic E-state index is -4.46. The fourth-order valence-corrected chi connectivity index (χ4v) is 3.61. The SMILES string of the molecule is CC1CCCC(C)(C(COP(=O)(O)O)c2ccccc2)N1. The molecule has 1 fully saturated rings. The van der Waals surface area contributed by atoms with Crippen LogP contribution < -0.4 is 5.32 Å². The van der Waals surface area contributed by atoms with Crippen molar-refractivity contribution < 1.29 is 18.9 Å². The first-order valence-corrected chi connectivity index (χ1v) is 8.86. The molecule has 0 radical (unpaired) electrons. The molecule has 3 unspecified atom stereocenters. The van der Waals surface area contributed by atoms with Crippen molar-refractivity contribution in [1.82, 2.24) is 5.32 Å². The quantitative estimate of drug-likeness (QED) is 0.729. The topological polar surface area (TPSA) is 78.8 Å². The highest BCUT2D eigenvalue weighted by molar-refractivity contribution is 7.46. The summed E-state index contributed by atoms with van der Waals surface area (Å²) < 4.78 is 15.9. The Bertz CT molecular complexity index is 504. The van der Waals surface area contributed by atoms with E-state index in [1.807, 2.05) is 30.3 Å². The molecule has 3 atom stereocenters. The van der Waals surface area contributed by atoms with E-state index in [4.69, 9.17) is 14.3 Å². The van der Waals surface area contributed by atoms with E-state index in [-0.39, 0.29) is 18.1 Å². The van der Waals surface area contributed by atoms with Crippen LogP contribution in [0.15, 0.2) is 30.3 Å². The summed E-state index contributed by atoms with van der Waals surface area (Å²) in [6, 6.07) is 10.2. The van der Waals surface area contributed by atoms with Crippen LogP contribution >= 0.6 is 7.82 Å². The predicted octanol–water partition coefficient (Wildman–Crippen LogP) is 2.80. The molecule has 1 aromatic rings. The lowest BCUT2D eigenvalue weighted by atomic mass is 9.75. The summed E-state index contributed by atoms with van der Waals surface area (Å²) in [6.07, 6.45) is 3.18. The Hall–Kier alpha value is -0.710. The molecule has 21 heavy (non-hydrogen) atoms. The average molecular weight is 313 g/mol. The molecule has 1 aromatic carbocycles. The number of benzene rings is 1. The lowest BCUT2D eigenvalue weighted by Gasteiger charge is -2.44. The molecule has 6 heteroatoms. The Labute approximate surface area is 126 Å². The number of nitrogens with one attached hydrogen (secondary N) is 1. The molecule has 1 saturated heterocycles. The molecule has 1 aliphatic rings. The van der Waals surface area contributed by atoms with Crippen LogP contribution in [-0.2, 0) is 9.09 Å². The first kappa shape index (κ1) is 16.7. The number of rotatable bonds is 5. The van der Waals surface area contributed by atoms with Crippen LogP contribution in [0.5, 0.6) is 0 Å². The van der Waals surface area contributed by atoms with E-state index in [0.717, 1.165) is 24.8 Å². The second kappa shape index (κ2) is 6.59. The van der Waals surface area contributed by atoms with Crippen LogP contribution in [0.4, 0.5) is 0 Å². The average Bonchev–Trinajstić information content (AvgIpc) is 2.38. The van der Waals surface area contributed by atoms with Gasteiger partial charge in [0.15, 0.2) is 0 Å². The lowest BCUT2D eigenvalue weighted by molar-refractivity contribution is 0.125. The largest absolute Gasteiger partial charge is 0.469 e. The Morgan fingerprint density at radius 1 is 1.43 bits per heavy atom. The van der Waals surface area contributed by atoms with Gasteiger partial charge >= 0.3 is 7.82 Å². The van der Waals surface area contributed by atoms with Gasteiger partial charge in [0, 0.05) is 17.5 Å². The zero-order valence-electron chi connectivity index (χ0n) is 12.5. The smallest absolute Gasteiger partial charge is 0.308 e. The standard InChI is InChI=1S/C15H24NO4P/c1-12-7-6-10-15(2,16-12)14(11-20-21(17,18)19)13-8-4-3-5-9-13/h3-5,8-9,12,14,16H,6-7,10-11H2,1-2H3,(H2,17,18,19). The maximum Gasteiger partial charge on any atom is 0.469 e. The summed E-state index contributed by atoms with van der Waals surface area (Å²) in [5.74, 6) is -0.103. The summed E-state index contributed by atoms with van der Waals surface area (Å²) in [5, 5.41) is 3.59. The van der Waals surface area contributed by atoms with Crippen molar-refractivity contribution in [2.45, 2.75) is 50.6 Å². The molecule has 2 rings (SSSR count). The highest BCUT2D eigenvalue weighted by Crippen LogP contribution is 2.42. The molecule has 5 nitrogen and oxygen atoms in total.